The van der Waals surface area contributed by atoms with Crippen LogP contribution in [0.25, 0.3) is 0 Å². The third-order valence-corrected chi connectivity index (χ3v) is 5.82. The number of anilines is 1. The number of aromatic nitrogens is 2. The molecule has 1 saturated carbocycles. The second kappa shape index (κ2) is 6.52. The van der Waals surface area contributed by atoms with Crippen molar-refractivity contribution in [2.24, 2.45) is 10.6 Å². The monoisotopic (exact) mass is 357 g/mol. The topological polar surface area (TPSA) is 79.7 Å². The highest BCUT2D eigenvalue weighted by Gasteiger charge is 2.44. The van der Waals surface area contributed by atoms with Gasteiger partial charge in [-0.1, -0.05) is 25.4 Å². The van der Waals surface area contributed by atoms with E-state index < -0.39 is 6.10 Å². The Morgan fingerprint density at radius 2 is 2.19 bits per heavy atom. The van der Waals surface area contributed by atoms with Crippen molar-refractivity contribution in [3.63, 3.8) is 0 Å². The van der Waals surface area contributed by atoms with E-state index in [0.717, 1.165) is 17.4 Å². The maximum atomic E-state index is 12.7. The molecule has 2 unspecified atom stereocenters. The van der Waals surface area contributed by atoms with Crippen molar-refractivity contribution in [3.05, 3.63) is 18.1 Å². The molecule has 3 aliphatic rings. The van der Waals surface area contributed by atoms with Gasteiger partial charge >= 0.3 is 0 Å². The number of carbonyl (C=O) groups excluding carboxylic acids is 1. The second-order valence-electron chi connectivity index (χ2n) is 8.46. The molecule has 1 saturated heterocycles. The molecule has 7 heteroatoms. The van der Waals surface area contributed by atoms with Gasteiger partial charge in [0.05, 0.1) is 11.8 Å². The summed E-state index contributed by atoms with van der Waals surface area (Å²) in [5.41, 5.74) is 0.826. The second-order valence-corrected chi connectivity index (χ2v) is 8.46. The molecule has 0 spiro atoms. The normalized spacial score (nSPS) is 27.7. The smallest absolute Gasteiger partial charge is 0.266 e. The van der Waals surface area contributed by atoms with E-state index >= 15 is 0 Å². The first-order valence-electron chi connectivity index (χ1n) is 9.50. The Bertz CT molecular complexity index is 728. The fraction of sp³-hybridized carbons (Fsp3) is 0.684. The Labute approximate surface area is 154 Å². The van der Waals surface area contributed by atoms with E-state index in [0.29, 0.717) is 25.4 Å². The lowest BCUT2D eigenvalue weighted by Crippen LogP contribution is -2.39. The summed E-state index contributed by atoms with van der Waals surface area (Å²) in [5.74, 6) is 2.33. The zero-order valence-electron chi connectivity index (χ0n) is 15.7. The first-order valence-corrected chi connectivity index (χ1v) is 9.50. The van der Waals surface area contributed by atoms with Crippen LogP contribution >= 0.6 is 0 Å². The maximum absolute atomic E-state index is 12.7. The number of nitrogens with one attached hydrogen (secondary N) is 1. The highest BCUT2D eigenvalue weighted by Crippen LogP contribution is 2.36. The van der Waals surface area contributed by atoms with E-state index in [1.54, 1.807) is 0 Å². The molecular formula is C19H27N5O2. The van der Waals surface area contributed by atoms with Crippen LogP contribution in [0.2, 0.25) is 0 Å². The summed E-state index contributed by atoms with van der Waals surface area (Å²) in [6.45, 7) is 7.60. The number of nitrogens with zero attached hydrogens (tertiary/aromatic N) is 4. The zero-order valence-corrected chi connectivity index (χ0v) is 15.7. The van der Waals surface area contributed by atoms with Crippen LogP contribution < -0.4 is 5.32 Å². The van der Waals surface area contributed by atoms with Crippen LogP contribution in [0.1, 0.15) is 58.2 Å². The van der Waals surface area contributed by atoms with Gasteiger partial charge in [-0.05, 0) is 25.8 Å². The molecule has 26 heavy (non-hydrogen) atoms. The third-order valence-electron chi connectivity index (χ3n) is 5.82. The molecule has 1 aliphatic carbocycles. The van der Waals surface area contributed by atoms with Crippen LogP contribution in [0.5, 0.6) is 0 Å². The minimum absolute atomic E-state index is 0.0285. The van der Waals surface area contributed by atoms with Crippen molar-refractivity contribution < 1.29 is 9.63 Å². The quantitative estimate of drug-likeness (QED) is 0.896. The van der Waals surface area contributed by atoms with Crippen LogP contribution in [0.4, 0.5) is 5.82 Å². The Morgan fingerprint density at radius 3 is 2.85 bits per heavy atom. The number of carbonyl (C=O) groups is 1. The number of hydrogen-bond donors (Lipinski definition) is 1. The van der Waals surface area contributed by atoms with Crippen LogP contribution in [-0.2, 0) is 9.63 Å². The van der Waals surface area contributed by atoms with Gasteiger partial charge in [-0.25, -0.2) is 9.97 Å². The van der Waals surface area contributed by atoms with Gasteiger partial charge in [0, 0.05) is 37.0 Å². The van der Waals surface area contributed by atoms with Crippen LogP contribution in [0, 0.1) is 5.41 Å². The lowest BCUT2D eigenvalue weighted by Gasteiger charge is -2.27. The van der Waals surface area contributed by atoms with Crippen molar-refractivity contribution in [3.8, 4) is 0 Å². The molecule has 1 N–H and O–H groups in total. The van der Waals surface area contributed by atoms with E-state index in [2.05, 4.69) is 29.3 Å². The molecule has 2 aliphatic heterocycles. The molecule has 0 radical (unpaired) electrons. The lowest BCUT2D eigenvalue weighted by molar-refractivity contribution is -0.141. The molecule has 2 fully saturated rings. The summed E-state index contributed by atoms with van der Waals surface area (Å²) >= 11 is 0. The molecule has 2 atom stereocenters. The lowest BCUT2D eigenvalue weighted by atomic mass is 9.85. The van der Waals surface area contributed by atoms with Gasteiger partial charge in [-0.3, -0.25) is 4.79 Å². The molecule has 0 aromatic carbocycles. The van der Waals surface area contributed by atoms with Crippen molar-refractivity contribution >= 4 is 17.4 Å². The number of amides is 1. The number of rotatable bonds is 4. The molecule has 4 rings (SSSR count). The van der Waals surface area contributed by atoms with Crippen LogP contribution in [-0.4, -0.2) is 51.7 Å². The van der Waals surface area contributed by atoms with Gasteiger partial charge in [0.1, 0.15) is 11.6 Å². The largest absolute Gasteiger partial charge is 0.382 e. The van der Waals surface area contributed by atoms with Gasteiger partial charge in [0.25, 0.3) is 5.91 Å². The standard InChI is InChI=1S/C19H27N5O2/c1-12-9-14(26-23-12)18(25)24-10-15(19(2,3)11-24)21-16-7-8-20-17(22-16)13-5-4-6-13/h7-8,13-15H,4-6,9-11H2,1-3H3,(H,20,21,22). The van der Waals surface area contributed by atoms with Gasteiger partial charge in [-0.15, -0.1) is 0 Å². The molecule has 3 heterocycles. The van der Waals surface area contributed by atoms with E-state index in [1.807, 2.05) is 24.1 Å². The average molecular weight is 357 g/mol. The van der Waals surface area contributed by atoms with Crippen molar-refractivity contribution in [2.75, 3.05) is 18.4 Å². The highest BCUT2D eigenvalue weighted by molar-refractivity contribution is 5.91. The van der Waals surface area contributed by atoms with Gasteiger partial charge in [0.2, 0.25) is 6.10 Å². The number of hydrogen-bond acceptors (Lipinski definition) is 6. The molecule has 140 valence electrons. The summed E-state index contributed by atoms with van der Waals surface area (Å²) in [7, 11) is 0. The molecule has 1 aromatic heterocycles. The van der Waals surface area contributed by atoms with Gasteiger partial charge < -0.3 is 15.1 Å². The Kier molecular flexibility index (Phi) is 4.32. The summed E-state index contributed by atoms with van der Waals surface area (Å²) in [4.78, 5) is 29.1. The predicted molar refractivity (Wildman–Crippen MR) is 99.0 cm³/mol. The highest BCUT2D eigenvalue weighted by atomic mass is 16.6. The molecule has 7 nitrogen and oxygen atoms in total. The zero-order chi connectivity index (χ0) is 18.3. The van der Waals surface area contributed by atoms with E-state index in [4.69, 9.17) is 9.82 Å². The summed E-state index contributed by atoms with van der Waals surface area (Å²) in [6.07, 6.45) is 5.59. The summed E-state index contributed by atoms with van der Waals surface area (Å²) in [5, 5.41) is 7.45. The molecule has 0 bridgehead atoms. The molecule has 1 aromatic rings. The van der Waals surface area contributed by atoms with Crippen molar-refractivity contribution in [1.82, 2.24) is 14.9 Å². The average Bonchev–Trinajstić information content (AvgIpc) is 3.09. The van der Waals surface area contributed by atoms with Crippen LogP contribution in [0.3, 0.4) is 0 Å². The van der Waals surface area contributed by atoms with Gasteiger partial charge in [-0.2, -0.15) is 0 Å². The number of likely N-dealkylation sites (tertiary alicyclic amines) is 1. The van der Waals surface area contributed by atoms with E-state index in [9.17, 15) is 4.79 Å². The Morgan fingerprint density at radius 1 is 1.38 bits per heavy atom. The minimum atomic E-state index is -0.464. The molecular weight excluding hydrogens is 330 g/mol. The Hall–Kier alpha value is -2.18. The van der Waals surface area contributed by atoms with E-state index in [1.165, 1.54) is 19.3 Å². The SMILES string of the molecule is CC1=NOC(C(=O)N2CC(Nc3ccnc(C4CCC4)n3)C(C)(C)C2)C1. The first-order chi connectivity index (χ1) is 12.4. The van der Waals surface area contributed by atoms with Gasteiger partial charge in [0.15, 0.2) is 0 Å². The maximum Gasteiger partial charge on any atom is 0.266 e. The minimum Gasteiger partial charge on any atom is -0.382 e. The Balaban J connectivity index is 1.42. The summed E-state index contributed by atoms with van der Waals surface area (Å²) in [6, 6.07) is 2.05. The third kappa shape index (κ3) is 3.27. The van der Waals surface area contributed by atoms with Crippen molar-refractivity contribution in [2.45, 2.75) is 64.5 Å². The number of oxime groups is 1. The molecule has 1 amide bonds. The van der Waals surface area contributed by atoms with Crippen molar-refractivity contribution in [1.29, 1.82) is 0 Å². The fourth-order valence-corrected chi connectivity index (χ4v) is 3.87. The fourth-order valence-electron chi connectivity index (χ4n) is 3.87. The van der Waals surface area contributed by atoms with Crippen LogP contribution in [0.15, 0.2) is 17.4 Å². The van der Waals surface area contributed by atoms with E-state index in [-0.39, 0.29) is 17.4 Å². The predicted octanol–water partition coefficient (Wildman–Crippen LogP) is 2.56. The summed E-state index contributed by atoms with van der Waals surface area (Å²) < 4.78 is 0. The first kappa shape index (κ1) is 17.2.